The van der Waals surface area contributed by atoms with Gasteiger partial charge in [0.15, 0.2) is 10.9 Å². The standard InChI is InChI=1S/C20H19N3O2S/c1-14-6-3-4-9-18(14)23-11-10-21-20(23)26-13-19(25)22-17-8-5-7-16(12-17)15(2)24/h3-12H,13H2,1-2H3,(H,22,25). The van der Waals surface area contributed by atoms with E-state index >= 15 is 0 Å². The Morgan fingerprint density at radius 2 is 1.96 bits per heavy atom. The summed E-state index contributed by atoms with van der Waals surface area (Å²) < 4.78 is 1.98. The highest BCUT2D eigenvalue weighted by atomic mass is 32.2. The molecule has 0 saturated heterocycles. The van der Waals surface area contributed by atoms with Gasteiger partial charge in [-0.1, -0.05) is 42.1 Å². The van der Waals surface area contributed by atoms with E-state index in [0.717, 1.165) is 16.4 Å². The summed E-state index contributed by atoms with van der Waals surface area (Å²) in [6, 6.07) is 15.0. The number of ketones is 1. The molecule has 1 amide bonds. The number of benzene rings is 2. The Hall–Kier alpha value is -2.86. The smallest absolute Gasteiger partial charge is 0.234 e. The molecule has 26 heavy (non-hydrogen) atoms. The van der Waals surface area contributed by atoms with E-state index in [1.165, 1.54) is 18.7 Å². The molecule has 1 N–H and O–H groups in total. The van der Waals surface area contributed by atoms with Gasteiger partial charge in [-0.25, -0.2) is 4.98 Å². The number of hydrogen-bond donors (Lipinski definition) is 1. The molecule has 0 aliphatic rings. The summed E-state index contributed by atoms with van der Waals surface area (Å²) >= 11 is 1.37. The van der Waals surface area contributed by atoms with Crippen LogP contribution < -0.4 is 5.32 Å². The fourth-order valence-electron chi connectivity index (χ4n) is 2.56. The quantitative estimate of drug-likeness (QED) is 0.527. The molecule has 0 atom stereocenters. The first kappa shape index (κ1) is 17.9. The molecule has 2 aromatic carbocycles. The third kappa shape index (κ3) is 4.21. The minimum absolute atomic E-state index is 0.0317. The van der Waals surface area contributed by atoms with Crippen LogP contribution in [0.25, 0.3) is 5.69 Å². The van der Waals surface area contributed by atoms with E-state index in [1.54, 1.807) is 30.5 Å². The van der Waals surface area contributed by atoms with Crippen molar-refractivity contribution in [3.63, 3.8) is 0 Å². The van der Waals surface area contributed by atoms with Gasteiger partial charge in [0.2, 0.25) is 5.91 Å². The number of anilines is 1. The maximum atomic E-state index is 12.2. The Bertz CT molecular complexity index is 949. The number of thioether (sulfide) groups is 1. The van der Waals surface area contributed by atoms with Crippen molar-refractivity contribution in [2.45, 2.75) is 19.0 Å². The first-order valence-corrected chi connectivity index (χ1v) is 9.16. The highest BCUT2D eigenvalue weighted by molar-refractivity contribution is 7.99. The molecule has 0 unspecified atom stereocenters. The molecular formula is C20H19N3O2S. The van der Waals surface area contributed by atoms with Crippen LogP contribution in [0.4, 0.5) is 5.69 Å². The molecule has 0 aliphatic heterocycles. The first-order valence-electron chi connectivity index (χ1n) is 8.17. The molecule has 1 aromatic heterocycles. The Morgan fingerprint density at radius 3 is 2.73 bits per heavy atom. The second-order valence-electron chi connectivity index (χ2n) is 5.84. The van der Waals surface area contributed by atoms with Crippen molar-refractivity contribution in [1.29, 1.82) is 0 Å². The van der Waals surface area contributed by atoms with Crippen molar-refractivity contribution in [1.82, 2.24) is 9.55 Å². The van der Waals surface area contributed by atoms with Gasteiger partial charge in [-0.3, -0.25) is 14.2 Å². The summed E-state index contributed by atoms with van der Waals surface area (Å²) in [4.78, 5) is 28.0. The molecule has 0 saturated carbocycles. The Balaban J connectivity index is 1.66. The second kappa shape index (κ2) is 8.01. The highest BCUT2D eigenvalue weighted by Crippen LogP contribution is 2.23. The lowest BCUT2D eigenvalue weighted by Crippen LogP contribution is -2.15. The van der Waals surface area contributed by atoms with Gasteiger partial charge in [-0.15, -0.1) is 0 Å². The minimum atomic E-state index is -0.143. The van der Waals surface area contributed by atoms with Gasteiger partial charge in [-0.05, 0) is 37.6 Å². The number of Topliss-reactive ketones (excluding diaryl/α,β-unsaturated/α-hetero) is 1. The van der Waals surface area contributed by atoms with Crippen LogP contribution >= 0.6 is 11.8 Å². The van der Waals surface area contributed by atoms with Crippen molar-refractivity contribution < 1.29 is 9.59 Å². The summed E-state index contributed by atoms with van der Waals surface area (Å²) in [6.07, 6.45) is 3.61. The zero-order valence-electron chi connectivity index (χ0n) is 14.6. The van der Waals surface area contributed by atoms with Crippen molar-refractivity contribution >= 4 is 29.1 Å². The molecule has 3 rings (SSSR count). The number of amides is 1. The molecule has 0 radical (unpaired) electrons. The number of imidazole rings is 1. The van der Waals surface area contributed by atoms with Crippen LogP contribution in [0, 0.1) is 6.92 Å². The van der Waals surface area contributed by atoms with E-state index < -0.39 is 0 Å². The van der Waals surface area contributed by atoms with Crippen molar-refractivity contribution in [3.05, 3.63) is 72.1 Å². The molecule has 5 nitrogen and oxygen atoms in total. The molecule has 1 heterocycles. The third-order valence-corrected chi connectivity index (χ3v) is 4.83. The van der Waals surface area contributed by atoms with Gasteiger partial charge in [0, 0.05) is 23.6 Å². The third-order valence-electron chi connectivity index (χ3n) is 3.87. The van der Waals surface area contributed by atoms with E-state index in [2.05, 4.69) is 10.3 Å². The largest absolute Gasteiger partial charge is 0.325 e. The van der Waals surface area contributed by atoms with Crippen LogP contribution in [-0.2, 0) is 4.79 Å². The Kier molecular flexibility index (Phi) is 5.53. The van der Waals surface area contributed by atoms with E-state index in [9.17, 15) is 9.59 Å². The highest BCUT2D eigenvalue weighted by Gasteiger charge is 2.11. The number of rotatable bonds is 6. The SMILES string of the molecule is CC(=O)c1cccc(NC(=O)CSc2nccn2-c2ccccc2C)c1. The molecule has 132 valence electrons. The lowest BCUT2D eigenvalue weighted by molar-refractivity contribution is -0.113. The van der Waals surface area contributed by atoms with Crippen LogP contribution in [0.2, 0.25) is 0 Å². The van der Waals surface area contributed by atoms with Crippen LogP contribution in [0.5, 0.6) is 0 Å². The van der Waals surface area contributed by atoms with E-state index in [1.807, 2.05) is 42.0 Å². The summed E-state index contributed by atoms with van der Waals surface area (Å²) in [7, 11) is 0. The number of nitrogens with zero attached hydrogens (tertiary/aromatic N) is 2. The Morgan fingerprint density at radius 1 is 1.15 bits per heavy atom. The number of aromatic nitrogens is 2. The predicted molar refractivity (Wildman–Crippen MR) is 104 cm³/mol. The van der Waals surface area contributed by atoms with Crippen molar-refractivity contribution in [2.24, 2.45) is 0 Å². The number of hydrogen-bond acceptors (Lipinski definition) is 4. The average Bonchev–Trinajstić information content (AvgIpc) is 3.09. The predicted octanol–water partition coefficient (Wildman–Crippen LogP) is 4.11. The second-order valence-corrected chi connectivity index (χ2v) is 6.78. The fourth-order valence-corrected chi connectivity index (χ4v) is 3.32. The molecule has 0 bridgehead atoms. The summed E-state index contributed by atoms with van der Waals surface area (Å²) in [5.74, 6) is 0.0541. The fraction of sp³-hybridized carbons (Fsp3) is 0.150. The first-order chi connectivity index (χ1) is 12.5. The average molecular weight is 365 g/mol. The maximum absolute atomic E-state index is 12.2. The van der Waals surface area contributed by atoms with E-state index in [0.29, 0.717) is 11.3 Å². The molecule has 0 aliphatic carbocycles. The Labute approximate surface area is 156 Å². The molecule has 0 spiro atoms. The van der Waals surface area contributed by atoms with Crippen LogP contribution in [0.3, 0.4) is 0 Å². The van der Waals surface area contributed by atoms with E-state index in [-0.39, 0.29) is 17.4 Å². The van der Waals surface area contributed by atoms with Gasteiger partial charge >= 0.3 is 0 Å². The van der Waals surface area contributed by atoms with Gasteiger partial charge in [0.1, 0.15) is 0 Å². The maximum Gasteiger partial charge on any atom is 0.234 e. The van der Waals surface area contributed by atoms with E-state index in [4.69, 9.17) is 0 Å². The summed E-state index contributed by atoms with van der Waals surface area (Å²) in [6.45, 7) is 3.54. The molecule has 6 heteroatoms. The lowest BCUT2D eigenvalue weighted by atomic mass is 10.1. The zero-order valence-corrected chi connectivity index (χ0v) is 15.4. The van der Waals surface area contributed by atoms with Gasteiger partial charge in [-0.2, -0.15) is 0 Å². The number of nitrogens with one attached hydrogen (secondary N) is 1. The number of carbonyl (C=O) groups is 2. The van der Waals surface area contributed by atoms with Crippen LogP contribution in [0.15, 0.2) is 66.1 Å². The van der Waals surface area contributed by atoms with Crippen molar-refractivity contribution in [2.75, 3.05) is 11.1 Å². The lowest BCUT2D eigenvalue weighted by Gasteiger charge is -2.10. The molecule has 0 fully saturated rings. The van der Waals surface area contributed by atoms with Gasteiger partial charge in [0.05, 0.1) is 11.4 Å². The number of aryl methyl sites for hydroxylation is 1. The topological polar surface area (TPSA) is 64.0 Å². The number of para-hydroxylation sites is 1. The summed E-state index contributed by atoms with van der Waals surface area (Å²) in [5.41, 5.74) is 3.37. The zero-order chi connectivity index (χ0) is 18.5. The summed E-state index contributed by atoms with van der Waals surface area (Å²) in [5, 5.41) is 3.58. The number of carbonyl (C=O) groups excluding carboxylic acids is 2. The minimum Gasteiger partial charge on any atom is -0.325 e. The van der Waals surface area contributed by atoms with Crippen LogP contribution in [-0.4, -0.2) is 27.0 Å². The molecular weight excluding hydrogens is 346 g/mol. The monoisotopic (exact) mass is 365 g/mol. The van der Waals surface area contributed by atoms with Crippen molar-refractivity contribution in [3.8, 4) is 5.69 Å². The van der Waals surface area contributed by atoms with Gasteiger partial charge < -0.3 is 5.32 Å². The van der Waals surface area contributed by atoms with Crippen LogP contribution in [0.1, 0.15) is 22.8 Å². The molecule has 3 aromatic rings. The van der Waals surface area contributed by atoms with Gasteiger partial charge in [0.25, 0.3) is 0 Å². The normalized spacial score (nSPS) is 10.5.